The number of pyridine rings is 2. The molecule has 0 atom stereocenters. The van der Waals surface area contributed by atoms with Crippen molar-refractivity contribution in [2.45, 2.75) is 27.4 Å². The third kappa shape index (κ3) is 4.18. The Morgan fingerprint density at radius 2 is 1.95 bits per heavy atom. The average Bonchev–Trinajstić information content (AvgIpc) is 2.52. The summed E-state index contributed by atoms with van der Waals surface area (Å²) in [6.45, 7) is 7.36. The second kappa shape index (κ2) is 6.75. The molecule has 5 heteroatoms. The Labute approximate surface area is 131 Å². The van der Waals surface area contributed by atoms with Crippen LogP contribution in [0.3, 0.4) is 0 Å². The molecule has 2 heterocycles. The number of hydrogen-bond acceptors (Lipinski definition) is 5. The summed E-state index contributed by atoms with van der Waals surface area (Å²) in [5.74, 6) is 0.809. The molecule has 3 N–H and O–H groups in total. The molecular formula is C17H24N4O. The Hall–Kier alpha value is -2.14. The standard InChI is InChI=1S/C17H24N4O/c1-17(2,3)11-20-15-6-5-14(21-16(15)18-4)12-7-8-19-13(9-12)10-22/h5-9,20,22H,10-11H2,1-4H3,(H,18,21). The van der Waals surface area contributed by atoms with E-state index < -0.39 is 0 Å². The quantitative estimate of drug-likeness (QED) is 0.791. The highest BCUT2D eigenvalue weighted by Crippen LogP contribution is 2.26. The van der Waals surface area contributed by atoms with E-state index in [1.54, 1.807) is 6.20 Å². The fourth-order valence-electron chi connectivity index (χ4n) is 2.04. The number of hydrogen-bond donors (Lipinski definition) is 3. The number of rotatable bonds is 5. The van der Waals surface area contributed by atoms with Gasteiger partial charge in [0.25, 0.3) is 0 Å². The van der Waals surface area contributed by atoms with Gasteiger partial charge in [0.2, 0.25) is 0 Å². The van der Waals surface area contributed by atoms with Gasteiger partial charge in [0.1, 0.15) is 5.82 Å². The molecule has 0 bridgehead atoms. The molecule has 0 radical (unpaired) electrons. The van der Waals surface area contributed by atoms with Gasteiger partial charge in [-0.3, -0.25) is 4.98 Å². The zero-order valence-electron chi connectivity index (χ0n) is 13.6. The summed E-state index contributed by atoms with van der Waals surface area (Å²) in [6.07, 6.45) is 1.69. The minimum Gasteiger partial charge on any atom is -0.390 e. The molecule has 0 saturated carbocycles. The van der Waals surface area contributed by atoms with Gasteiger partial charge >= 0.3 is 0 Å². The fraction of sp³-hybridized carbons (Fsp3) is 0.412. The maximum Gasteiger partial charge on any atom is 0.149 e. The van der Waals surface area contributed by atoms with Crippen LogP contribution in [0.25, 0.3) is 11.3 Å². The topological polar surface area (TPSA) is 70.1 Å². The average molecular weight is 300 g/mol. The minimum absolute atomic E-state index is 0.0715. The summed E-state index contributed by atoms with van der Waals surface area (Å²) in [6, 6.07) is 7.74. The second-order valence-electron chi connectivity index (χ2n) is 6.45. The molecule has 2 rings (SSSR count). The highest BCUT2D eigenvalue weighted by molar-refractivity contribution is 5.70. The normalized spacial score (nSPS) is 11.3. The Morgan fingerprint density at radius 1 is 1.18 bits per heavy atom. The Kier molecular flexibility index (Phi) is 4.98. The Balaban J connectivity index is 2.28. The van der Waals surface area contributed by atoms with Gasteiger partial charge in [0.05, 0.1) is 23.7 Å². The number of nitrogens with one attached hydrogen (secondary N) is 2. The molecule has 2 aromatic heterocycles. The van der Waals surface area contributed by atoms with Gasteiger partial charge in [-0.15, -0.1) is 0 Å². The number of anilines is 2. The van der Waals surface area contributed by atoms with E-state index in [9.17, 15) is 5.11 Å². The van der Waals surface area contributed by atoms with E-state index in [0.29, 0.717) is 5.69 Å². The predicted molar refractivity (Wildman–Crippen MR) is 90.9 cm³/mol. The first kappa shape index (κ1) is 16.2. The van der Waals surface area contributed by atoms with Crippen LogP contribution >= 0.6 is 0 Å². The van der Waals surface area contributed by atoms with Crippen molar-refractivity contribution >= 4 is 11.5 Å². The summed E-state index contributed by atoms with van der Waals surface area (Å²) in [7, 11) is 1.86. The van der Waals surface area contributed by atoms with Gasteiger partial charge in [0.15, 0.2) is 0 Å². The van der Waals surface area contributed by atoms with Gasteiger partial charge in [-0.2, -0.15) is 0 Å². The van der Waals surface area contributed by atoms with Crippen molar-refractivity contribution in [2.75, 3.05) is 24.2 Å². The Bertz CT molecular complexity index is 635. The van der Waals surface area contributed by atoms with Crippen molar-refractivity contribution in [3.8, 4) is 11.3 Å². The lowest BCUT2D eigenvalue weighted by Gasteiger charge is -2.21. The smallest absolute Gasteiger partial charge is 0.149 e. The molecule has 0 aromatic carbocycles. The first-order chi connectivity index (χ1) is 10.4. The molecule has 0 aliphatic rings. The molecular weight excluding hydrogens is 276 g/mol. The van der Waals surface area contributed by atoms with E-state index >= 15 is 0 Å². The van der Waals surface area contributed by atoms with E-state index in [4.69, 9.17) is 0 Å². The Morgan fingerprint density at radius 3 is 2.59 bits per heavy atom. The number of aliphatic hydroxyl groups is 1. The second-order valence-corrected chi connectivity index (χ2v) is 6.45. The highest BCUT2D eigenvalue weighted by Gasteiger charge is 2.12. The van der Waals surface area contributed by atoms with E-state index in [1.807, 2.05) is 31.3 Å². The molecule has 0 unspecified atom stereocenters. The summed E-state index contributed by atoms with van der Waals surface area (Å²) in [5.41, 5.74) is 3.61. The molecule has 0 aliphatic heterocycles. The number of aromatic nitrogens is 2. The molecule has 118 valence electrons. The van der Waals surface area contributed by atoms with Crippen molar-refractivity contribution in [1.29, 1.82) is 0 Å². The van der Waals surface area contributed by atoms with E-state index in [1.165, 1.54) is 0 Å². The monoisotopic (exact) mass is 300 g/mol. The minimum atomic E-state index is -0.0715. The van der Waals surface area contributed by atoms with Crippen molar-refractivity contribution < 1.29 is 5.11 Å². The van der Waals surface area contributed by atoms with Gasteiger partial charge < -0.3 is 15.7 Å². The van der Waals surface area contributed by atoms with Crippen LogP contribution in [0.2, 0.25) is 0 Å². The summed E-state index contributed by atoms with van der Waals surface area (Å²) < 4.78 is 0. The van der Waals surface area contributed by atoms with Crippen molar-refractivity contribution in [1.82, 2.24) is 9.97 Å². The molecule has 0 amide bonds. The third-order valence-corrected chi connectivity index (χ3v) is 3.22. The molecule has 0 aliphatic carbocycles. The largest absolute Gasteiger partial charge is 0.390 e. The van der Waals surface area contributed by atoms with Crippen LogP contribution in [0.1, 0.15) is 26.5 Å². The van der Waals surface area contributed by atoms with Crippen LogP contribution in [0.5, 0.6) is 0 Å². The van der Waals surface area contributed by atoms with Crippen molar-refractivity contribution in [3.63, 3.8) is 0 Å². The molecule has 5 nitrogen and oxygen atoms in total. The lowest BCUT2D eigenvalue weighted by Crippen LogP contribution is -2.19. The lowest BCUT2D eigenvalue weighted by atomic mass is 9.97. The van der Waals surface area contributed by atoms with Crippen LogP contribution < -0.4 is 10.6 Å². The van der Waals surface area contributed by atoms with Crippen LogP contribution in [0.4, 0.5) is 11.5 Å². The summed E-state index contributed by atoms with van der Waals surface area (Å²) in [4.78, 5) is 8.75. The first-order valence-electron chi connectivity index (χ1n) is 7.42. The first-order valence-corrected chi connectivity index (χ1v) is 7.42. The SMILES string of the molecule is CNc1nc(-c2ccnc(CO)c2)ccc1NCC(C)(C)C. The fourth-order valence-corrected chi connectivity index (χ4v) is 2.04. The van der Waals surface area contributed by atoms with E-state index in [-0.39, 0.29) is 12.0 Å². The predicted octanol–water partition coefficient (Wildman–Crippen LogP) is 3.14. The molecule has 2 aromatic rings. The van der Waals surface area contributed by atoms with Crippen molar-refractivity contribution in [3.05, 3.63) is 36.2 Å². The van der Waals surface area contributed by atoms with Gasteiger partial charge in [-0.25, -0.2) is 4.98 Å². The van der Waals surface area contributed by atoms with Gasteiger partial charge in [-0.05, 0) is 29.7 Å². The summed E-state index contributed by atoms with van der Waals surface area (Å²) >= 11 is 0. The zero-order chi connectivity index (χ0) is 16.2. The molecule has 0 saturated heterocycles. The molecule has 0 spiro atoms. The van der Waals surface area contributed by atoms with Crippen LogP contribution in [0, 0.1) is 5.41 Å². The number of nitrogens with zero attached hydrogens (tertiary/aromatic N) is 2. The number of aliphatic hydroxyl groups excluding tert-OH is 1. The van der Waals surface area contributed by atoms with E-state index in [0.717, 1.165) is 29.3 Å². The maximum atomic E-state index is 9.19. The summed E-state index contributed by atoms with van der Waals surface area (Å²) in [5, 5.41) is 15.8. The van der Waals surface area contributed by atoms with Gasteiger partial charge in [-0.1, -0.05) is 20.8 Å². The molecule has 22 heavy (non-hydrogen) atoms. The highest BCUT2D eigenvalue weighted by atomic mass is 16.3. The van der Waals surface area contributed by atoms with Gasteiger partial charge in [0, 0.05) is 25.4 Å². The maximum absolute atomic E-state index is 9.19. The van der Waals surface area contributed by atoms with Crippen molar-refractivity contribution in [2.24, 2.45) is 5.41 Å². The third-order valence-electron chi connectivity index (χ3n) is 3.22. The van der Waals surface area contributed by atoms with Crippen LogP contribution in [-0.4, -0.2) is 28.7 Å². The van der Waals surface area contributed by atoms with Crippen LogP contribution in [0.15, 0.2) is 30.5 Å². The molecule has 0 fully saturated rings. The van der Waals surface area contributed by atoms with E-state index in [2.05, 4.69) is 41.4 Å². The zero-order valence-corrected chi connectivity index (χ0v) is 13.6. The lowest BCUT2D eigenvalue weighted by molar-refractivity contribution is 0.277. The van der Waals surface area contributed by atoms with Crippen LogP contribution in [-0.2, 0) is 6.61 Å².